The lowest BCUT2D eigenvalue weighted by atomic mass is 9.89. The summed E-state index contributed by atoms with van der Waals surface area (Å²) in [6, 6.07) is 13.0. The maximum Gasteiger partial charge on any atom is 0.419 e. The number of ether oxygens (including phenoxy) is 1. The SMILES string of the molecule is CC(C)(C)OC(=O)N1CCC(c2ccc(Nc3ncc(C(F)(F)F)c(CCc4ccccn4)n3)cc2)CC1. The van der Waals surface area contributed by atoms with Crippen molar-refractivity contribution in [2.45, 2.75) is 64.1 Å². The third kappa shape index (κ3) is 7.43. The first-order chi connectivity index (χ1) is 18.0. The molecule has 1 aliphatic rings. The van der Waals surface area contributed by atoms with Crippen LogP contribution in [0.25, 0.3) is 0 Å². The molecule has 38 heavy (non-hydrogen) atoms. The number of anilines is 2. The van der Waals surface area contributed by atoms with Crippen molar-refractivity contribution in [3.8, 4) is 0 Å². The van der Waals surface area contributed by atoms with Crippen molar-refractivity contribution in [1.29, 1.82) is 0 Å². The molecule has 4 rings (SSSR count). The quantitative estimate of drug-likeness (QED) is 0.392. The van der Waals surface area contributed by atoms with E-state index in [0.29, 0.717) is 36.8 Å². The first-order valence-corrected chi connectivity index (χ1v) is 12.7. The number of alkyl halides is 3. The second-order valence-electron chi connectivity index (χ2n) is 10.4. The Morgan fingerprint density at radius 1 is 1.03 bits per heavy atom. The van der Waals surface area contributed by atoms with Gasteiger partial charge in [-0.15, -0.1) is 0 Å². The van der Waals surface area contributed by atoms with Gasteiger partial charge in [0.1, 0.15) is 5.60 Å². The van der Waals surface area contributed by atoms with Crippen LogP contribution < -0.4 is 5.32 Å². The van der Waals surface area contributed by atoms with Gasteiger partial charge in [0.25, 0.3) is 0 Å². The van der Waals surface area contributed by atoms with E-state index in [1.165, 1.54) is 0 Å². The summed E-state index contributed by atoms with van der Waals surface area (Å²) >= 11 is 0. The predicted octanol–water partition coefficient (Wildman–Crippen LogP) is 6.53. The number of benzene rings is 1. The van der Waals surface area contributed by atoms with Gasteiger partial charge < -0.3 is 15.0 Å². The van der Waals surface area contributed by atoms with Crippen LogP contribution in [-0.4, -0.2) is 44.6 Å². The number of amides is 1. The van der Waals surface area contributed by atoms with E-state index in [0.717, 1.165) is 24.6 Å². The van der Waals surface area contributed by atoms with Crippen LogP contribution in [0.3, 0.4) is 0 Å². The summed E-state index contributed by atoms with van der Waals surface area (Å²) in [7, 11) is 0. The number of likely N-dealkylation sites (tertiary alicyclic amines) is 1. The number of piperidine rings is 1. The van der Waals surface area contributed by atoms with Crippen molar-refractivity contribution in [1.82, 2.24) is 19.9 Å². The number of aromatic nitrogens is 3. The molecule has 0 saturated carbocycles. The van der Waals surface area contributed by atoms with Crippen LogP contribution in [0.2, 0.25) is 0 Å². The number of carbonyl (C=O) groups excluding carboxylic acids is 1. The molecule has 1 aliphatic heterocycles. The van der Waals surface area contributed by atoms with E-state index in [2.05, 4.69) is 20.3 Å². The predicted molar refractivity (Wildman–Crippen MR) is 138 cm³/mol. The molecule has 1 saturated heterocycles. The third-order valence-electron chi connectivity index (χ3n) is 6.30. The first kappa shape index (κ1) is 27.3. The van der Waals surface area contributed by atoms with Crippen LogP contribution in [0, 0.1) is 0 Å². The minimum atomic E-state index is -4.54. The largest absolute Gasteiger partial charge is 0.444 e. The number of halogens is 3. The summed E-state index contributed by atoms with van der Waals surface area (Å²) in [5.41, 5.74) is 1.08. The minimum absolute atomic E-state index is 0.0750. The Bertz CT molecular complexity index is 1220. The molecule has 7 nitrogen and oxygen atoms in total. The average Bonchev–Trinajstić information content (AvgIpc) is 2.87. The Hall–Kier alpha value is -3.69. The summed E-state index contributed by atoms with van der Waals surface area (Å²) in [5.74, 6) is 0.413. The van der Waals surface area contributed by atoms with Gasteiger partial charge >= 0.3 is 12.3 Å². The number of rotatable bonds is 6. The van der Waals surface area contributed by atoms with Gasteiger partial charge in [0.05, 0.1) is 11.3 Å². The fourth-order valence-corrected chi connectivity index (χ4v) is 4.39. The first-order valence-electron chi connectivity index (χ1n) is 12.7. The summed E-state index contributed by atoms with van der Waals surface area (Å²) in [6.07, 6.45) is -0.311. The Labute approximate surface area is 220 Å². The monoisotopic (exact) mass is 527 g/mol. The van der Waals surface area contributed by atoms with E-state index in [9.17, 15) is 18.0 Å². The third-order valence-corrected chi connectivity index (χ3v) is 6.30. The van der Waals surface area contributed by atoms with Gasteiger partial charge in [0, 0.05) is 36.9 Å². The lowest BCUT2D eigenvalue weighted by molar-refractivity contribution is -0.138. The molecule has 0 unspecified atom stereocenters. The molecule has 2 aromatic heterocycles. The van der Waals surface area contributed by atoms with Crippen LogP contribution in [0.1, 0.15) is 62.0 Å². The van der Waals surface area contributed by atoms with Crippen molar-refractivity contribution in [2.75, 3.05) is 18.4 Å². The van der Waals surface area contributed by atoms with Gasteiger partial charge in [0.15, 0.2) is 0 Å². The molecule has 202 valence electrons. The number of carbonyl (C=O) groups is 1. The van der Waals surface area contributed by atoms with Gasteiger partial charge in [-0.2, -0.15) is 13.2 Å². The Kier molecular flexibility index (Phi) is 8.18. The molecule has 0 atom stereocenters. The molecular formula is C28H32F3N5O2. The van der Waals surface area contributed by atoms with Crippen molar-refractivity contribution >= 4 is 17.7 Å². The zero-order chi connectivity index (χ0) is 27.3. The number of hydrogen-bond acceptors (Lipinski definition) is 6. The number of nitrogens with zero attached hydrogens (tertiary/aromatic N) is 4. The molecule has 1 fully saturated rings. The molecule has 0 aliphatic carbocycles. The van der Waals surface area contributed by atoms with Gasteiger partial charge in [-0.05, 0) is 82.2 Å². The smallest absolute Gasteiger partial charge is 0.419 e. The highest BCUT2D eigenvalue weighted by Gasteiger charge is 2.35. The number of hydrogen-bond donors (Lipinski definition) is 1. The minimum Gasteiger partial charge on any atom is -0.444 e. The van der Waals surface area contributed by atoms with Crippen LogP contribution >= 0.6 is 0 Å². The maximum absolute atomic E-state index is 13.6. The van der Waals surface area contributed by atoms with Crippen molar-refractivity contribution in [3.63, 3.8) is 0 Å². The van der Waals surface area contributed by atoms with Gasteiger partial charge in [-0.25, -0.2) is 14.8 Å². The zero-order valence-corrected chi connectivity index (χ0v) is 21.8. The summed E-state index contributed by atoms with van der Waals surface area (Å²) in [4.78, 5) is 26.3. The molecule has 3 aromatic rings. The highest BCUT2D eigenvalue weighted by Crippen LogP contribution is 2.33. The van der Waals surface area contributed by atoms with Gasteiger partial charge in [-0.1, -0.05) is 18.2 Å². The summed E-state index contributed by atoms with van der Waals surface area (Å²) < 4.78 is 46.1. The second-order valence-corrected chi connectivity index (χ2v) is 10.4. The highest BCUT2D eigenvalue weighted by molar-refractivity contribution is 5.68. The number of nitrogens with one attached hydrogen (secondary N) is 1. The van der Waals surface area contributed by atoms with Crippen molar-refractivity contribution in [3.05, 3.63) is 77.4 Å². The maximum atomic E-state index is 13.6. The van der Waals surface area contributed by atoms with Crippen LogP contribution in [0.4, 0.5) is 29.6 Å². The topological polar surface area (TPSA) is 80.2 Å². The van der Waals surface area contributed by atoms with Gasteiger partial charge in [0.2, 0.25) is 5.95 Å². The molecule has 0 spiro atoms. The van der Waals surface area contributed by atoms with E-state index in [1.807, 2.05) is 45.0 Å². The normalized spacial score (nSPS) is 14.8. The molecule has 1 aromatic carbocycles. The van der Waals surface area contributed by atoms with E-state index in [1.54, 1.807) is 29.3 Å². The average molecular weight is 528 g/mol. The molecule has 1 N–H and O–H groups in total. The van der Waals surface area contributed by atoms with Crippen molar-refractivity contribution in [2.24, 2.45) is 0 Å². The molecular weight excluding hydrogens is 495 g/mol. The molecule has 3 heterocycles. The zero-order valence-electron chi connectivity index (χ0n) is 21.8. The fraction of sp³-hybridized carbons (Fsp3) is 0.429. The lowest BCUT2D eigenvalue weighted by Crippen LogP contribution is -2.41. The van der Waals surface area contributed by atoms with Crippen LogP contribution in [0.15, 0.2) is 54.9 Å². The summed E-state index contributed by atoms with van der Waals surface area (Å²) in [5, 5.41) is 3.02. The van der Waals surface area contributed by atoms with Crippen LogP contribution in [-0.2, 0) is 23.8 Å². The van der Waals surface area contributed by atoms with Crippen molar-refractivity contribution < 1.29 is 22.7 Å². The molecule has 1 amide bonds. The van der Waals surface area contributed by atoms with E-state index < -0.39 is 17.3 Å². The Balaban J connectivity index is 1.39. The standard InChI is InChI=1S/C28H32F3N5O2/c1-27(2,3)38-26(37)36-16-13-20(14-17-36)19-7-9-22(10-8-19)34-25-33-18-23(28(29,30)31)24(35-25)12-11-21-6-4-5-15-32-21/h4-10,15,18,20H,11-14,16-17H2,1-3H3,(H,33,34,35). The Morgan fingerprint density at radius 2 is 1.74 bits per heavy atom. The van der Waals surface area contributed by atoms with Crippen LogP contribution in [0.5, 0.6) is 0 Å². The number of aryl methyl sites for hydroxylation is 2. The number of pyridine rings is 1. The fourth-order valence-electron chi connectivity index (χ4n) is 4.39. The molecule has 10 heteroatoms. The van der Waals surface area contributed by atoms with E-state index in [4.69, 9.17) is 4.74 Å². The summed E-state index contributed by atoms with van der Waals surface area (Å²) in [6.45, 7) is 6.81. The van der Waals surface area contributed by atoms with Gasteiger partial charge in [-0.3, -0.25) is 4.98 Å². The van der Waals surface area contributed by atoms with E-state index >= 15 is 0 Å². The lowest BCUT2D eigenvalue weighted by Gasteiger charge is -2.33. The Morgan fingerprint density at radius 3 is 2.34 bits per heavy atom. The molecule has 0 bridgehead atoms. The van der Waals surface area contributed by atoms with E-state index in [-0.39, 0.29) is 24.2 Å². The highest BCUT2D eigenvalue weighted by atomic mass is 19.4. The molecule has 0 radical (unpaired) electrons. The second kappa shape index (κ2) is 11.4.